The maximum Gasteiger partial charge on any atom is 0.269 e. The van der Waals surface area contributed by atoms with Gasteiger partial charge >= 0.3 is 0 Å². The van der Waals surface area contributed by atoms with Crippen LogP contribution in [-0.4, -0.2) is 30.8 Å². The molecule has 0 radical (unpaired) electrons. The molecule has 114 valence electrons. The van der Waals surface area contributed by atoms with E-state index in [9.17, 15) is 9.59 Å². The number of nitrogens with zero attached hydrogens (tertiary/aromatic N) is 1. The van der Waals surface area contributed by atoms with Gasteiger partial charge in [0.1, 0.15) is 11.5 Å². The monoisotopic (exact) mass is 298 g/mol. The molecule has 0 saturated carbocycles. The Bertz CT molecular complexity index is 683. The minimum absolute atomic E-state index is 0.158. The summed E-state index contributed by atoms with van der Waals surface area (Å²) in [5.41, 5.74) is 1.71. The Labute approximate surface area is 129 Å². The second-order valence-corrected chi connectivity index (χ2v) is 5.09. The Morgan fingerprint density at radius 1 is 1.14 bits per heavy atom. The lowest BCUT2D eigenvalue weighted by atomic mass is 10.1. The molecule has 2 rings (SSSR count). The first kappa shape index (κ1) is 15.6. The van der Waals surface area contributed by atoms with Gasteiger partial charge < -0.3 is 14.6 Å². The van der Waals surface area contributed by atoms with Gasteiger partial charge in [0, 0.05) is 25.7 Å². The van der Waals surface area contributed by atoms with E-state index in [0.29, 0.717) is 11.3 Å². The first-order valence-electron chi connectivity index (χ1n) is 6.82. The Balaban J connectivity index is 2.24. The van der Waals surface area contributed by atoms with E-state index in [1.165, 1.54) is 17.2 Å². The molecular formula is C17H18N2O3. The predicted molar refractivity (Wildman–Crippen MR) is 84.0 cm³/mol. The van der Waals surface area contributed by atoms with E-state index in [4.69, 9.17) is 4.42 Å². The number of aryl methyl sites for hydroxylation is 1. The van der Waals surface area contributed by atoms with Crippen LogP contribution in [0.4, 0.5) is 0 Å². The van der Waals surface area contributed by atoms with Crippen LogP contribution in [0.25, 0.3) is 6.08 Å². The van der Waals surface area contributed by atoms with Crippen molar-refractivity contribution in [3.8, 4) is 0 Å². The summed E-state index contributed by atoms with van der Waals surface area (Å²) >= 11 is 0. The lowest BCUT2D eigenvalue weighted by molar-refractivity contribution is -0.124. The van der Waals surface area contributed by atoms with E-state index in [-0.39, 0.29) is 17.5 Å². The van der Waals surface area contributed by atoms with Crippen molar-refractivity contribution in [2.75, 3.05) is 14.1 Å². The third-order valence-electron chi connectivity index (χ3n) is 3.03. The zero-order chi connectivity index (χ0) is 16.1. The van der Waals surface area contributed by atoms with E-state index in [1.807, 2.05) is 19.1 Å². The predicted octanol–water partition coefficient (Wildman–Crippen LogP) is 2.45. The third kappa shape index (κ3) is 3.85. The highest BCUT2D eigenvalue weighted by Gasteiger charge is 2.16. The van der Waals surface area contributed by atoms with Crippen LogP contribution >= 0.6 is 0 Å². The van der Waals surface area contributed by atoms with Gasteiger partial charge in [-0.05, 0) is 31.2 Å². The summed E-state index contributed by atoms with van der Waals surface area (Å²) in [5.74, 6) is -0.153. The molecule has 22 heavy (non-hydrogen) atoms. The highest BCUT2D eigenvalue weighted by atomic mass is 16.3. The summed E-state index contributed by atoms with van der Waals surface area (Å²) in [7, 11) is 3.24. The van der Waals surface area contributed by atoms with Crippen molar-refractivity contribution >= 4 is 17.9 Å². The number of hydrogen-bond acceptors (Lipinski definition) is 3. The minimum Gasteiger partial charge on any atom is -0.465 e. The maximum atomic E-state index is 12.3. The number of amides is 2. The molecule has 0 fully saturated rings. The SMILES string of the molecule is Cc1ccc(C(=O)NC(=Cc2ccco2)C(=O)N(C)C)cc1. The number of likely N-dealkylation sites (N-methyl/N-ethyl adjacent to an activating group) is 1. The average molecular weight is 298 g/mol. The average Bonchev–Trinajstić information content (AvgIpc) is 2.99. The molecular weight excluding hydrogens is 280 g/mol. The zero-order valence-corrected chi connectivity index (χ0v) is 12.8. The third-order valence-corrected chi connectivity index (χ3v) is 3.03. The molecule has 1 aromatic carbocycles. The van der Waals surface area contributed by atoms with Crippen molar-refractivity contribution in [3.63, 3.8) is 0 Å². The number of benzene rings is 1. The molecule has 5 heteroatoms. The quantitative estimate of drug-likeness (QED) is 0.882. The molecule has 2 amide bonds. The summed E-state index contributed by atoms with van der Waals surface area (Å²) in [6.45, 7) is 1.94. The van der Waals surface area contributed by atoms with Gasteiger partial charge in [0.2, 0.25) is 0 Å². The van der Waals surface area contributed by atoms with E-state index in [0.717, 1.165) is 5.56 Å². The fourth-order valence-corrected chi connectivity index (χ4v) is 1.81. The van der Waals surface area contributed by atoms with Crippen LogP contribution in [0.3, 0.4) is 0 Å². The lowest BCUT2D eigenvalue weighted by Gasteiger charge is -2.14. The number of rotatable bonds is 4. The van der Waals surface area contributed by atoms with Crippen molar-refractivity contribution in [1.82, 2.24) is 10.2 Å². The highest BCUT2D eigenvalue weighted by molar-refractivity contribution is 6.04. The van der Waals surface area contributed by atoms with Gasteiger partial charge in [0.25, 0.3) is 11.8 Å². The minimum atomic E-state index is -0.340. The Kier molecular flexibility index (Phi) is 4.78. The number of carbonyl (C=O) groups is 2. The molecule has 1 N–H and O–H groups in total. The van der Waals surface area contributed by atoms with Crippen LogP contribution in [0.1, 0.15) is 21.7 Å². The van der Waals surface area contributed by atoms with Crippen LogP contribution in [0.15, 0.2) is 52.8 Å². The Hall–Kier alpha value is -2.82. The van der Waals surface area contributed by atoms with Gasteiger partial charge in [-0.1, -0.05) is 17.7 Å². The van der Waals surface area contributed by atoms with Gasteiger partial charge in [-0.3, -0.25) is 9.59 Å². The molecule has 0 aliphatic heterocycles. The number of nitrogens with one attached hydrogen (secondary N) is 1. The fraction of sp³-hybridized carbons (Fsp3) is 0.176. The van der Waals surface area contributed by atoms with Crippen molar-refractivity contribution in [2.45, 2.75) is 6.92 Å². The number of hydrogen-bond donors (Lipinski definition) is 1. The van der Waals surface area contributed by atoms with Gasteiger partial charge in [-0.15, -0.1) is 0 Å². The number of carbonyl (C=O) groups excluding carboxylic acids is 2. The summed E-state index contributed by atoms with van der Waals surface area (Å²) in [6.07, 6.45) is 3.01. The Morgan fingerprint density at radius 2 is 1.82 bits per heavy atom. The molecule has 0 aliphatic carbocycles. The molecule has 1 aromatic heterocycles. The highest BCUT2D eigenvalue weighted by Crippen LogP contribution is 2.09. The fourth-order valence-electron chi connectivity index (χ4n) is 1.81. The van der Waals surface area contributed by atoms with E-state index in [1.54, 1.807) is 38.4 Å². The van der Waals surface area contributed by atoms with Gasteiger partial charge in [-0.2, -0.15) is 0 Å². The van der Waals surface area contributed by atoms with Crippen molar-refractivity contribution in [1.29, 1.82) is 0 Å². The summed E-state index contributed by atoms with van der Waals surface area (Å²) < 4.78 is 5.20. The van der Waals surface area contributed by atoms with Gasteiger partial charge in [-0.25, -0.2) is 0 Å². The second kappa shape index (κ2) is 6.76. The summed E-state index contributed by atoms with van der Waals surface area (Å²) in [4.78, 5) is 25.9. The summed E-state index contributed by atoms with van der Waals surface area (Å²) in [6, 6.07) is 10.5. The molecule has 0 spiro atoms. The Morgan fingerprint density at radius 3 is 2.36 bits per heavy atom. The molecule has 0 bridgehead atoms. The molecule has 0 unspecified atom stereocenters. The van der Waals surface area contributed by atoms with Crippen LogP contribution in [-0.2, 0) is 4.79 Å². The molecule has 0 saturated heterocycles. The molecule has 2 aromatic rings. The van der Waals surface area contributed by atoms with Crippen LogP contribution in [0, 0.1) is 6.92 Å². The first-order chi connectivity index (χ1) is 10.5. The molecule has 5 nitrogen and oxygen atoms in total. The van der Waals surface area contributed by atoms with Gasteiger partial charge in [0.05, 0.1) is 6.26 Å². The molecule has 1 heterocycles. The largest absolute Gasteiger partial charge is 0.465 e. The van der Waals surface area contributed by atoms with Crippen molar-refractivity contribution < 1.29 is 14.0 Å². The van der Waals surface area contributed by atoms with Crippen LogP contribution in [0.5, 0.6) is 0 Å². The second-order valence-electron chi connectivity index (χ2n) is 5.09. The van der Waals surface area contributed by atoms with Crippen molar-refractivity contribution in [2.24, 2.45) is 0 Å². The van der Waals surface area contributed by atoms with Gasteiger partial charge in [0.15, 0.2) is 0 Å². The standard InChI is InChI=1S/C17H18N2O3/c1-12-6-8-13(9-7-12)16(20)18-15(17(21)19(2)3)11-14-5-4-10-22-14/h4-11H,1-3H3,(H,18,20). The lowest BCUT2D eigenvalue weighted by Crippen LogP contribution is -2.34. The van der Waals surface area contributed by atoms with Crippen LogP contribution < -0.4 is 5.32 Å². The smallest absolute Gasteiger partial charge is 0.269 e. The van der Waals surface area contributed by atoms with E-state index >= 15 is 0 Å². The number of furan rings is 1. The maximum absolute atomic E-state index is 12.3. The zero-order valence-electron chi connectivity index (χ0n) is 12.8. The summed E-state index contributed by atoms with van der Waals surface area (Å²) in [5, 5.41) is 2.64. The topological polar surface area (TPSA) is 62.6 Å². The van der Waals surface area contributed by atoms with E-state index in [2.05, 4.69) is 5.32 Å². The first-order valence-corrected chi connectivity index (χ1v) is 6.82. The molecule has 0 atom stereocenters. The van der Waals surface area contributed by atoms with E-state index < -0.39 is 0 Å². The normalized spacial score (nSPS) is 11.1. The van der Waals surface area contributed by atoms with Crippen molar-refractivity contribution in [3.05, 3.63) is 65.2 Å². The van der Waals surface area contributed by atoms with Crippen LogP contribution in [0.2, 0.25) is 0 Å². The molecule has 0 aliphatic rings.